The molecular weight excluding hydrogens is 290 g/mol. The number of ether oxygens (including phenoxy) is 1. The van der Waals surface area contributed by atoms with Crippen LogP contribution in [0.25, 0.3) is 0 Å². The third kappa shape index (κ3) is 4.86. The van der Waals surface area contributed by atoms with Gasteiger partial charge in [-0.15, -0.1) is 0 Å². The van der Waals surface area contributed by atoms with Gasteiger partial charge in [0, 0.05) is 19.3 Å². The zero-order valence-corrected chi connectivity index (χ0v) is 13.1. The summed E-state index contributed by atoms with van der Waals surface area (Å²) in [6.07, 6.45) is 6.62. The Morgan fingerprint density at radius 2 is 2.24 bits per heavy atom. The molecule has 1 aliphatic carbocycles. The molecule has 5 nitrogen and oxygen atoms in total. The molecule has 0 atom stereocenters. The number of carbonyl (C=O) groups excluding carboxylic acids is 1. The third-order valence-electron chi connectivity index (χ3n) is 3.50. The molecule has 0 spiro atoms. The van der Waals surface area contributed by atoms with Crippen LogP contribution in [0.4, 0.5) is 5.82 Å². The molecule has 2 rings (SSSR count). The van der Waals surface area contributed by atoms with E-state index in [1.165, 1.54) is 19.0 Å². The van der Waals surface area contributed by atoms with Crippen LogP contribution in [-0.2, 0) is 4.74 Å². The second-order valence-electron chi connectivity index (χ2n) is 5.11. The van der Waals surface area contributed by atoms with Gasteiger partial charge in [0.2, 0.25) is 0 Å². The summed E-state index contributed by atoms with van der Waals surface area (Å²) in [5.74, 6) is 0.450. The lowest BCUT2D eigenvalue weighted by molar-refractivity contribution is 0.0582. The summed E-state index contributed by atoms with van der Waals surface area (Å²) < 4.78 is 5.71. The van der Waals surface area contributed by atoms with E-state index in [-0.39, 0.29) is 5.91 Å². The Bertz CT molecular complexity index is 476. The van der Waals surface area contributed by atoms with Crippen LogP contribution in [0.1, 0.15) is 43.0 Å². The van der Waals surface area contributed by atoms with Crippen LogP contribution < -0.4 is 10.6 Å². The topological polar surface area (TPSA) is 63.2 Å². The van der Waals surface area contributed by atoms with Crippen molar-refractivity contribution >= 4 is 23.3 Å². The predicted octanol–water partition coefficient (Wildman–Crippen LogP) is 2.86. The first-order valence-corrected chi connectivity index (χ1v) is 7.87. The fourth-order valence-corrected chi connectivity index (χ4v) is 2.62. The molecule has 21 heavy (non-hydrogen) atoms. The van der Waals surface area contributed by atoms with Crippen LogP contribution in [0.2, 0.25) is 5.02 Å². The summed E-state index contributed by atoms with van der Waals surface area (Å²) in [5.41, 5.74) is 0.434. The van der Waals surface area contributed by atoms with Gasteiger partial charge >= 0.3 is 0 Å². The molecule has 0 saturated heterocycles. The molecular formula is C15H22ClN3O2. The van der Waals surface area contributed by atoms with Gasteiger partial charge in [0.1, 0.15) is 5.82 Å². The highest BCUT2D eigenvalue weighted by atomic mass is 35.5. The number of anilines is 1. The van der Waals surface area contributed by atoms with Crippen LogP contribution >= 0.6 is 11.6 Å². The van der Waals surface area contributed by atoms with E-state index >= 15 is 0 Å². The van der Waals surface area contributed by atoms with Gasteiger partial charge in [-0.3, -0.25) is 4.79 Å². The molecule has 0 radical (unpaired) electrons. The molecule has 0 aliphatic heterocycles. The molecule has 1 aliphatic rings. The lowest BCUT2D eigenvalue weighted by Gasteiger charge is -2.12. The molecule has 1 amide bonds. The Morgan fingerprint density at radius 3 is 2.95 bits per heavy atom. The number of carbonyl (C=O) groups is 1. The summed E-state index contributed by atoms with van der Waals surface area (Å²) >= 11 is 6.03. The summed E-state index contributed by atoms with van der Waals surface area (Å²) in [6.45, 7) is 3.74. The highest BCUT2D eigenvalue weighted by molar-refractivity contribution is 6.33. The van der Waals surface area contributed by atoms with Gasteiger partial charge in [0.25, 0.3) is 5.91 Å². The highest BCUT2D eigenvalue weighted by Gasteiger charge is 2.15. The van der Waals surface area contributed by atoms with Crippen molar-refractivity contribution in [3.63, 3.8) is 0 Å². The Hall–Kier alpha value is -1.33. The van der Waals surface area contributed by atoms with Gasteiger partial charge in [-0.1, -0.05) is 24.4 Å². The Balaban J connectivity index is 1.80. The van der Waals surface area contributed by atoms with E-state index in [1.54, 1.807) is 6.07 Å². The number of amides is 1. The van der Waals surface area contributed by atoms with Gasteiger partial charge in [0.05, 0.1) is 23.3 Å². The monoisotopic (exact) mass is 311 g/mol. The first-order chi connectivity index (χ1) is 10.2. The number of pyridine rings is 1. The first-order valence-electron chi connectivity index (χ1n) is 7.50. The molecule has 1 aromatic heterocycles. The number of hydrogen-bond donors (Lipinski definition) is 2. The number of nitrogens with one attached hydrogen (secondary N) is 2. The molecule has 2 N–H and O–H groups in total. The number of nitrogens with zero attached hydrogens (tertiary/aromatic N) is 1. The van der Waals surface area contributed by atoms with Gasteiger partial charge in [-0.2, -0.15) is 0 Å². The van der Waals surface area contributed by atoms with Gasteiger partial charge < -0.3 is 15.4 Å². The fourth-order valence-electron chi connectivity index (χ4n) is 2.43. The Morgan fingerprint density at radius 1 is 1.48 bits per heavy atom. The van der Waals surface area contributed by atoms with Gasteiger partial charge in [0.15, 0.2) is 0 Å². The van der Waals surface area contributed by atoms with Crippen LogP contribution in [0.3, 0.4) is 0 Å². The van der Waals surface area contributed by atoms with E-state index in [9.17, 15) is 4.79 Å². The van der Waals surface area contributed by atoms with Crippen molar-refractivity contribution in [3.8, 4) is 0 Å². The van der Waals surface area contributed by atoms with Crippen molar-refractivity contribution in [1.29, 1.82) is 0 Å². The van der Waals surface area contributed by atoms with Crippen molar-refractivity contribution in [1.82, 2.24) is 10.3 Å². The van der Waals surface area contributed by atoms with E-state index in [1.807, 2.05) is 6.92 Å². The first kappa shape index (κ1) is 16.0. The lowest BCUT2D eigenvalue weighted by Crippen LogP contribution is -2.28. The van der Waals surface area contributed by atoms with Crippen molar-refractivity contribution in [2.75, 3.05) is 25.0 Å². The van der Waals surface area contributed by atoms with Crippen molar-refractivity contribution in [2.24, 2.45) is 0 Å². The lowest BCUT2D eigenvalue weighted by atomic mass is 10.2. The Kier molecular flexibility index (Phi) is 6.26. The maximum absolute atomic E-state index is 12.1. The van der Waals surface area contributed by atoms with Crippen LogP contribution in [0.15, 0.2) is 12.3 Å². The van der Waals surface area contributed by atoms with Crippen molar-refractivity contribution in [2.45, 2.75) is 38.7 Å². The van der Waals surface area contributed by atoms with E-state index in [0.717, 1.165) is 19.4 Å². The summed E-state index contributed by atoms with van der Waals surface area (Å²) in [6, 6.07) is 1.67. The largest absolute Gasteiger partial charge is 0.376 e. The molecule has 116 valence electrons. The maximum Gasteiger partial charge on any atom is 0.253 e. The zero-order chi connectivity index (χ0) is 15.1. The second kappa shape index (κ2) is 8.20. The highest BCUT2D eigenvalue weighted by Crippen LogP contribution is 2.20. The summed E-state index contributed by atoms with van der Waals surface area (Å²) in [4.78, 5) is 16.2. The van der Waals surface area contributed by atoms with Crippen molar-refractivity contribution in [3.05, 3.63) is 22.8 Å². The molecule has 0 bridgehead atoms. The molecule has 0 aromatic carbocycles. The standard InChI is InChI=1S/C15H22ClN3O2/c1-2-17-14-9-12(13(16)10-19-14)15(20)18-7-8-21-11-5-3-4-6-11/h9-11H,2-8H2,1H3,(H,17,19)(H,18,20). The third-order valence-corrected chi connectivity index (χ3v) is 3.80. The minimum Gasteiger partial charge on any atom is -0.376 e. The second-order valence-corrected chi connectivity index (χ2v) is 5.52. The van der Waals surface area contributed by atoms with E-state index < -0.39 is 0 Å². The minimum absolute atomic E-state index is 0.198. The molecule has 1 aromatic rings. The summed E-state index contributed by atoms with van der Waals surface area (Å²) in [5, 5.41) is 6.24. The number of halogens is 1. The Labute approximate surface area is 130 Å². The fraction of sp³-hybridized carbons (Fsp3) is 0.600. The average molecular weight is 312 g/mol. The van der Waals surface area contributed by atoms with Crippen LogP contribution in [0.5, 0.6) is 0 Å². The smallest absolute Gasteiger partial charge is 0.253 e. The van der Waals surface area contributed by atoms with E-state index in [2.05, 4.69) is 15.6 Å². The predicted molar refractivity (Wildman–Crippen MR) is 84.0 cm³/mol. The number of hydrogen-bond acceptors (Lipinski definition) is 4. The SMILES string of the molecule is CCNc1cc(C(=O)NCCOC2CCCC2)c(Cl)cn1. The molecule has 0 unspecified atom stereocenters. The molecule has 1 saturated carbocycles. The van der Waals surface area contributed by atoms with Crippen LogP contribution in [-0.4, -0.2) is 36.7 Å². The van der Waals surface area contributed by atoms with E-state index in [4.69, 9.17) is 16.3 Å². The average Bonchev–Trinajstić information content (AvgIpc) is 2.99. The van der Waals surface area contributed by atoms with E-state index in [0.29, 0.717) is 35.7 Å². The molecule has 1 fully saturated rings. The maximum atomic E-state index is 12.1. The zero-order valence-electron chi connectivity index (χ0n) is 12.3. The molecule has 6 heteroatoms. The number of aromatic nitrogens is 1. The quantitative estimate of drug-likeness (QED) is 0.760. The number of rotatable bonds is 7. The molecule has 1 heterocycles. The minimum atomic E-state index is -0.198. The normalized spacial score (nSPS) is 15.1. The van der Waals surface area contributed by atoms with Crippen LogP contribution in [0, 0.1) is 0 Å². The van der Waals surface area contributed by atoms with Crippen molar-refractivity contribution < 1.29 is 9.53 Å². The van der Waals surface area contributed by atoms with Gasteiger partial charge in [-0.25, -0.2) is 4.98 Å². The van der Waals surface area contributed by atoms with Gasteiger partial charge in [-0.05, 0) is 25.8 Å². The summed E-state index contributed by atoms with van der Waals surface area (Å²) in [7, 11) is 0.